The third kappa shape index (κ3) is 5.99. The summed E-state index contributed by atoms with van der Waals surface area (Å²) in [6, 6.07) is 0. The molecular formula is C6H12NNaO9S. The maximum absolute atomic E-state index is 10.5. The Bertz CT molecular complexity index is 362. The predicted molar refractivity (Wildman–Crippen MR) is 48.9 cm³/mol. The second kappa shape index (κ2) is 7.81. The Hall–Kier alpha value is 0.340. The van der Waals surface area contributed by atoms with E-state index in [1.54, 1.807) is 0 Å². The molecule has 18 heavy (non-hydrogen) atoms. The van der Waals surface area contributed by atoms with Crippen LogP contribution in [0.2, 0.25) is 0 Å². The molecule has 0 aliphatic heterocycles. The van der Waals surface area contributed by atoms with Crippen LogP contribution in [0.3, 0.4) is 0 Å². The fraction of sp³-hybridized carbons (Fsp3) is 0.833. The van der Waals surface area contributed by atoms with Crippen LogP contribution < -0.4 is 35.3 Å². The molecule has 0 rings (SSSR count). The fourth-order valence-electron chi connectivity index (χ4n) is 0.901. The SMILES string of the molecule is N[C@](C=O)(OS(=O)(=O)[O-])[C@@H](O)[C@H](O)[C@H](O)CO.[Na+]. The summed E-state index contributed by atoms with van der Waals surface area (Å²) < 4.78 is 34.3. The van der Waals surface area contributed by atoms with E-state index < -0.39 is 47.3 Å². The molecule has 0 unspecified atom stereocenters. The van der Waals surface area contributed by atoms with Gasteiger partial charge in [0.1, 0.15) is 18.3 Å². The Labute approximate surface area is 125 Å². The van der Waals surface area contributed by atoms with Gasteiger partial charge in [0.2, 0.25) is 16.1 Å². The summed E-state index contributed by atoms with van der Waals surface area (Å²) >= 11 is 0. The Kier molecular flexibility index (Phi) is 8.97. The summed E-state index contributed by atoms with van der Waals surface area (Å²) in [6.07, 6.45) is -6.98. The smallest absolute Gasteiger partial charge is 0.725 e. The maximum atomic E-state index is 10.5. The second-order valence-corrected chi connectivity index (χ2v) is 4.13. The number of hydrogen-bond donors (Lipinski definition) is 5. The molecule has 0 radical (unpaired) electrons. The van der Waals surface area contributed by atoms with Gasteiger partial charge in [-0.3, -0.25) is 10.5 Å². The molecule has 0 aromatic heterocycles. The van der Waals surface area contributed by atoms with Crippen LogP contribution in [0.15, 0.2) is 0 Å². The van der Waals surface area contributed by atoms with Gasteiger partial charge < -0.3 is 25.0 Å². The molecule has 0 saturated carbocycles. The van der Waals surface area contributed by atoms with Gasteiger partial charge in [-0.1, -0.05) is 0 Å². The minimum atomic E-state index is -5.43. The Morgan fingerprint density at radius 3 is 2.11 bits per heavy atom. The summed E-state index contributed by atoms with van der Waals surface area (Å²) in [5.74, 6) is 0. The van der Waals surface area contributed by atoms with Crippen molar-refractivity contribution in [2.75, 3.05) is 6.61 Å². The monoisotopic (exact) mass is 297 g/mol. The van der Waals surface area contributed by atoms with Crippen molar-refractivity contribution in [1.82, 2.24) is 0 Å². The third-order valence-corrected chi connectivity index (χ3v) is 2.29. The van der Waals surface area contributed by atoms with Crippen molar-refractivity contribution in [2.24, 2.45) is 5.73 Å². The first kappa shape index (κ1) is 20.7. The zero-order valence-corrected chi connectivity index (χ0v) is 12.1. The molecule has 0 aliphatic rings. The average molecular weight is 297 g/mol. The summed E-state index contributed by atoms with van der Waals surface area (Å²) in [7, 11) is -5.43. The minimum Gasteiger partial charge on any atom is -0.725 e. The Morgan fingerprint density at radius 2 is 1.83 bits per heavy atom. The standard InChI is InChI=1S/C6H13NO9S.Na/c7-6(2-9,16-17(13,14)15)5(12)4(11)3(10)1-8;/h2-5,8,10-12H,1,7H2,(H,13,14,15);/q;+1/p-1/t3-,4-,5+,6-;/m1./s1. The number of carbonyl (C=O) groups is 1. The number of carbonyl (C=O) groups excluding carboxylic acids is 1. The summed E-state index contributed by atoms with van der Waals surface area (Å²) in [4.78, 5) is 10.5. The molecule has 0 aromatic carbocycles. The molecule has 0 amide bonds. The molecule has 0 bridgehead atoms. The van der Waals surface area contributed by atoms with Crippen LogP contribution in [0.1, 0.15) is 0 Å². The van der Waals surface area contributed by atoms with Crippen molar-refractivity contribution in [3.63, 3.8) is 0 Å². The van der Waals surface area contributed by atoms with E-state index in [1.807, 2.05) is 0 Å². The molecule has 10 nitrogen and oxygen atoms in total. The van der Waals surface area contributed by atoms with Crippen molar-refractivity contribution in [1.29, 1.82) is 0 Å². The van der Waals surface area contributed by atoms with Crippen LogP contribution in [0.5, 0.6) is 0 Å². The van der Waals surface area contributed by atoms with Crippen molar-refractivity contribution in [3.05, 3.63) is 0 Å². The van der Waals surface area contributed by atoms with Gasteiger partial charge in [-0.15, -0.1) is 0 Å². The normalized spacial score (nSPS) is 20.1. The second-order valence-electron chi connectivity index (χ2n) is 3.15. The molecular weight excluding hydrogens is 285 g/mol. The van der Waals surface area contributed by atoms with Crippen LogP contribution in [0.4, 0.5) is 0 Å². The summed E-state index contributed by atoms with van der Waals surface area (Å²) in [5, 5.41) is 35.9. The molecule has 0 aromatic rings. The van der Waals surface area contributed by atoms with Gasteiger partial charge in [-0.2, -0.15) is 0 Å². The van der Waals surface area contributed by atoms with Gasteiger partial charge in [-0.05, 0) is 0 Å². The zero-order chi connectivity index (χ0) is 13.9. The Morgan fingerprint density at radius 1 is 1.39 bits per heavy atom. The first-order valence-electron chi connectivity index (χ1n) is 4.14. The molecule has 0 spiro atoms. The average Bonchev–Trinajstić information content (AvgIpc) is 2.23. The maximum Gasteiger partial charge on any atom is 1.00 e. The van der Waals surface area contributed by atoms with Crippen LogP contribution in [-0.2, 0) is 19.4 Å². The number of aldehydes is 1. The van der Waals surface area contributed by atoms with E-state index in [1.165, 1.54) is 0 Å². The van der Waals surface area contributed by atoms with Gasteiger partial charge in [0.25, 0.3) is 0 Å². The Balaban J connectivity index is 0. The van der Waals surface area contributed by atoms with Crippen molar-refractivity contribution < 1.29 is 71.9 Å². The summed E-state index contributed by atoms with van der Waals surface area (Å²) in [5.41, 5.74) is 1.89. The van der Waals surface area contributed by atoms with E-state index in [0.29, 0.717) is 0 Å². The number of nitrogens with two attached hydrogens (primary N) is 1. The fourth-order valence-corrected chi connectivity index (χ4v) is 1.39. The van der Waals surface area contributed by atoms with Crippen LogP contribution >= 0.6 is 0 Å². The van der Waals surface area contributed by atoms with Crippen LogP contribution in [0, 0.1) is 0 Å². The van der Waals surface area contributed by atoms with Crippen molar-refractivity contribution in [2.45, 2.75) is 24.0 Å². The quantitative estimate of drug-likeness (QED) is 0.0991. The number of aliphatic hydroxyl groups excluding tert-OH is 4. The molecule has 4 atom stereocenters. The van der Waals surface area contributed by atoms with Crippen molar-refractivity contribution in [3.8, 4) is 0 Å². The summed E-state index contributed by atoms with van der Waals surface area (Å²) in [6.45, 7) is -1.00. The molecule has 0 saturated heterocycles. The largest absolute Gasteiger partial charge is 1.00 e. The number of aliphatic hydroxyl groups is 4. The minimum absolute atomic E-state index is 0. The molecule has 12 heteroatoms. The van der Waals surface area contributed by atoms with Gasteiger partial charge in [0.05, 0.1) is 6.61 Å². The molecule has 0 heterocycles. The van der Waals surface area contributed by atoms with Gasteiger partial charge in [-0.25, -0.2) is 12.6 Å². The first-order chi connectivity index (χ1) is 7.57. The van der Waals surface area contributed by atoms with Crippen LogP contribution in [-0.4, -0.2) is 70.3 Å². The van der Waals surface area contributed by atoms with Gasteiger partial charge >= 0.3 is 29.6 Å². The van der Waals surface area contributed by atoms with Gasteiger partial charge in [0, 0.05) is 0 Å². The van der Waals surface area contributed by atoms with E-state index in [0.717, 1.165) is 0 Å². The van der Waals surface area contributed by atoms with E-state index in [-0.39, 0.29) is 29.6 Å². The van der Waals surface area contributed by atoms with E-state index in [2.05, 4.69) is 4.18 Å². The van der Waals surface area contributed by atoms with Crippen molar-refractivity contribution >= 4 is 16.7 Å². The van der Waals surface area contributed by atoms with E-state index in [4.69, 9.17) is 15.9 Å². The predicted octanol–water partition coefficient (Wildman–Crippen LogP) is -7.60. The van der Waals surface area contributed by atoms with E-state index >= 15 is 0 Å². The first-order valence-corrected chi connectivity index (χ1v) is 5.47. The number of rotatable bonds is 7. The zero-order valence-electron chi connectivity index (χ0n) is 9.33. The molecule has 0 aliphatic carbocycles. The topological polar surface area (TPSA) is 190 Å². The van der Waals surface area contributed by atoms with E-state index in [9.17, 15) is 28.0 Å². The molecule has 0 fully saturated rings. The molecule has 102 valence electrons. The third-order valence-electron chi connectivity index (χ3n) is 1.80. The van der Waals surface area contributed by atoms with Crippen LogP contribution in [0.25, 0.3) is 0 Å². The number of hydrogen-bond acceptors (Lipinski definition) is 10. The van der Waals surface area contributed by atoms with Gasteiger partial charge in [0.15, 0.2) is 6.29 Å². The molecule has 6 N–H and O–H groups in total.